The Hall–Kier alpha value is -1.12. The van der Waals surface area contributed by atoms with Crippen LogP contribution in [0.2, 0.25) is 0 Å². The molecule has 1 saturated carbocycles. The summed E-state index contributed by atoms with van der Waals surface area (Å²) in [4.78, 5) is 8.75. The van der Waals surface area contributed by atoms with E-state index < -0.39 is 0 Å². The van der Waals surface area contributed by atoms with Crippen molar-refractivity contribution in [1.29, 1.82) is 0 Å². The molecule has 0 amide bonds. The average Bonchev–Trinajstić information content (AvgIpc) is 2.85. The molecule has 1 heterocycles. The Morgan fingerprint density at radius 1 is 1.21 bits per heavy atom. The third-order valence-corrected chi connectivity index (χ3v) is 2.17. The van der Waals surface area contributed by atoms with Crippen LogP contribution in [0.15, 0.2) is 12.4 Å². The average molecular weight is 191 g/mol. The molecule has 0 spiro atoms. The molecule has 1 N–H and O–H groups in total. The van der Waals surface area contributed by atoms with E-state index in [0.717, 1.165) is 11.5 Å². The van der Waals surface area contributed by atoms with Crippen LogP contribution in [0.1, 0.15) is 45.2 Å². The number of rotatable bonds is 2. The number of hydrogen-bond donors (Lipinski definition) is 1. The molecule has 1 fully saturated rings. The second kappa shape index (κ2) is 3.23. The summed E-state index contributed by atoms with van der Waals surface area (Å²) in [6.45, 7) is 6.34. The molecule has 14 heavy (non-hydrogen) atoms. The van der Waals surface area contributed by atoms with E-state index in [1.165, 1.54) is 12.8 Å². The summed E-state index contributed by atoms with van der Waals surface area (Å²) >= 11 is 0. The highest BCUT2D eigenvalue weighted by Gasteiger charge is 2.25. The highest BCUT2D eigenvalue weighted by atomic mass is 15.1. The van der Waals surface area contributed by atoms with Crippen LogP contribution in [-0.4, -0.2) is 15.5 Å². The molecule has 0 radical (unpaired) electrons. The second-order valence-corrected chi connectivity index (χ2v) is 4.98. The van der Waals surface area contributed by atoms with Crippen LogP contribution in [0, 0.1) is 0 Å². The first-order chi connectivity index (χ1) is 6.54. The predicted molar refractivity (Wildman–Crippen MR) is 57.4 cm³/mol. The van der Waals surface area contributed by atoms with Crippen LogP contribution >= 0.6 is 0 Å². The highest BCUT2D eigenvalue weighted by molar-refractivity contribution is 5.34. The third-order valence-electron chi connectivity index (χ3n) is 2.17. The van der Waals surface area contributed by atoms with Gasteiger partial charge in [0.1, 0.15) is 5.82 Å². The van der Waals surface area contributed by atoms with Gasteiger partial charge in [-0.25, -0.2) is 4.98 Å². The van der Waals surface area contributed by atoms with Crippen LogP contribution in [0.4, 0.5) is 5.82 Å². The Kier molecular flexibility index (Phi) is 2.17. The zero-order valence-corrected chi connectivity index (χ0v) is 9.04. The zero-order chi connectivity index (χ0) is 10.2. The Bertz CT molecular complexity index is 306. The van der Waals surface area contributed by atoms with Crippen LogP contribution < -0.4 is 5.32 Å². The van der Waals surface area contributed by atoms with Crippen molar-refractivity contribution in [2.24, 2.45) is 0 Å². The minimum Gasteiger partial charge on any atom is -0.364 e. The lowest BCUT2D eigenvalue weighted by molar-refractivity contribution is 0.629. The van der Waals surface area contributed by atoms with Crippen LogP contribution in [-0.2, 0) is 0 Å². The smallest absolute Gasteiger partial charge is 0.144 e. The van der Waals surface area contributed by atoms with E-state index in [0.29, 0.717) is 5.92 Å². The molecule has 2 rings (SSSR count). The van der Waals surface area contributed by atoms with Crippen molar-refractivity contribution in [2.75, 3.05) is 5.32 Å². The van der Waals surface area contributed by atoms with Gasteiger partial charge in [-0.15, -0.1) is 0 Å². The molecule has 0 unspecified atom stereocenters. The Balaban J connectivity index is 2.06. The molecule has 3 heteroatoms. The number of nitrogens with zero attached hydrogens (tertiary/aromatic N) is 2. The van der Waals surface area contributed by atoms with E-state index >= 15 is 0 Å². The molecular weight excluding hydrogens is 174 g/mol. The molecule has 0 atom stereocenters. The highest BCUT2D eigenvalue weighted by Crippen LogP contribution is 2.38. The molecule has 0 saturated heterocycles. The fourth-order valence-corrected chi connectivity index (χ4v) is 1.38. The van der Waals surface area contributed by atoms with Gasteiger partial charge >= 0.3 is 0 Å². The molecule has 1 aromatic rings. The quantitative estimate of drug-likeness (QED) is 0.780. The first-order valence-electron chi connectivity index (χ1n) is 5.15. The van der Waals surface area contributed by atoms with E-state index in [1.54, 1.807) is 0 Å². The zero-order valence-electron chi connectivity index (χ0n) is 9.04. The Morgan fingerprint density at radius 3 is 2.36 bits per heavy atom. The summed E-state index contributed by atoms with van der Waals surface area (Å²) in [5.41, 5.74) is 1.19. The van der Waals surface area contributed by atoms with Gasteiger partial charge in [-0.2, -0.15) is 0 Å². The maximum Gasteiger partial charge on any atom is 0.144 e. The summed E-state index contributed by atoms with van der Waals surface area (Å²) in [6.07, 6.45) is 6.28. The van der Waals surface area contributed by atoms with E-state index in [1.807, 2.05) is 12.4 Å². The van der Waals surface area contributed by atoms with Crippen molar-refractivity contribution in [2.45, 2.75) is 45.1 Å². The van der Waals surface area contributed by atoms with Crippen LogP contribution in [0.3, 0.4) is 0 Å². The number of nitrogens with one attached hydrogen (secondary N) is 1. The van der Waals surface area contributed by atoms with E-state index in [2.05, 4.69) is 36.1 Å². The summed E-state index contributed by atoms with van der Waals surface area (Å²) in [7, 11) is 0. The van der Waals surface area contributed by atoms with Crippen molar-refractivity contribution in [3.05, 3.63) is 18.1 Å². The Labute approximate surface area is 85.0 Å². The van der Waals surface area contributed by atoms with Crippen molar-refractivity contribution < 1.29 is 0 Å². The topological polar surface area (TPSA) is 37.8 Å². The largest absolute Gasteiger partial charge is 0.364 e. The molecule has 1 aliphatic rings. The molecule has 3 nitrogen and oxygen atoms in total. The van der Waals surface area contributed by atoms with Gasteiger partial charge in [0.25, 0.3) is 0 Å². The number of hydrogen-bond acceptors (Lipinski definition) is 3. The monoisotopic (exact) mass is 191 g/mol. The van der Waals surface area contributed by atoms with Crippen molar-refractivity contribution in [1.82, 2.24) is 9.97 Å². The lowest BCUT2D eigenvalue weighted by Crippen LogP contribution is -2.26. The summed E-state index contributed by atoms with van der Waals surface area (Å²) in [5, 5.41) is 3.29. The van der Waals surface area contributed by atoms with Gasteiger partial charge in [-0.05, 0) is 33.6 Å². The van der Waals surface area contributed by atoms with Crippen LogP contribution in [0.5, 0.6) is 0 Å². The van der Waals surface area contributed by atoms with Gasteiger partial charge in [0.15, 0.2) is 0 Å². The van der Waals surface area contributed by atoms with Gasteiger partial charge in [0.2, 0.25) is 0 Å². The van der Waals surface area contributed by atoms with Gasteiger partial charge < -0.3 is 5.32 Å². The van der Waals surface area contributed by atoms with Crippen molar-refractivity contribution in [3.63, 3.8) is 0 Å². The van der Waals surface area contributed by atoms with Crippen molar-refractivity contribution >= 4 is 5.82 Å². The van der Waals surface area contributed by atoms with Gasteiger partial charge in [0, 0.05) is 11.5 Å². The molecular formula is C11H17N3. The molecule has 1 aliphatic carbocycles. The maximum absolute atomic E-state index is 4.40. The molecule has 76 valence electrons. The van der Waals surface area contributed by atoms with Gasteiger partial charge in [-0.3, -0.25) is 4.98 Å². The van der Waals surface area contributed by atoms with E-state index in [9.17, 15) is 0 Å². The minimum atomic E-state index is 0.0514. The SMILES string of the molecule is CC(C)(C)Nc1cnc(C2CC2)cn1. The summed E-state index contributed by atoms with van der Waals surface area (Å²) in [5.74, 6) is 1.55. The van der Waals surface area contributed by atoms with Crippen LogP contribution in [0.25, 0.3) is 0 Å². The normalized spacial score (nSPS) is 16.8. The molecule has 1 aromatic heterocycles. The maximum atomic E-state index is 4.40. The third kappa shape index (κ3) is 2.44. The number of anilines is 1. The summed E-state index contributed by atoms with van der Waals surface area (Å²) < 4.78 is 0. The predicted octanol–water partition coefficient (Wildman–Crippen LogP) is 2.56. The lowest BCUT2D eigenvalue weighted by Gasteiger charge is -2.20. The van der Waals surface area contributed by atoms with E-state index in [4.69, 9.17) is 0 Å². The molecule has 0 bridgehead atoms. The summed E-state index contributed by atoms with van der Waals surface area (Å²) in [6, 6.07) is 0. The fraction of sp³-hybridized carbons (Fsp3) is 0.636. The van der Waals surface area contributed by atoms with E-state index in [-0.39, 0.29) is 5.54 Å². The Morgan fingerprint density at radius 2 is 1.93 bits per heavy atom. The fourth-order valence-electron chi connectivity index (χ4n) is 1.38. The first-order valence-corrected chi connectivity index (χ1v) is 5.15. The van der Waals surface area contributed by atoms with Gasteiger partial charge in [-0.1, -0.05) is 0 Å². The standard InChI is InChI=1S/C11H17N3/c1-11(2,3)14-10-7-12-9(6-13-10)8-4-5-8/h6-8H,4-5H2,1-3H3,(H,13,14). The minimum absolute atomic E-state index is 0.0514. The molecule has 0 aliphatic heterocycles. The second-order valence-electron chi connectivity index (χ2n) is 4.98. The molecule has 0 aromatic carbocycles. The lowest BCUT2D eigenvalue weighted by atomic mass is 10.1. The number of aromatic nitrogens is 2. The van der Waals surface area contributed by atoms with Gasteiger partial charge in [0.05, 0.1) is 18.1 Å². The van der Waals surface area contributed by atoms with Crippen molar-refractivity contribution in [3.8, 4) is 0 Å². The first kappa shape index (κ1) is 9.44.